The minimum absolute atomic E-state index is 0. The predicted molar refractivity (Wildman–Crippen MR) is 114 cm³/mol. The van der Waals surface area contributed by atoms with Crippen LogP contribution in [0.15, 0.2) is 46.1 Å². The van der Waals surface area contributed by atoms with Crippen LogP contribution in [0.25, 0.3) is 0 Å². The highest BCUT2D eigenvalue weighted by molar-refractivity contribution is 14.0. The zero-order valence-electron chi connectivity index (χ0n) is 14.2. The molecule has 2 aromatic rings. The van der Waals surface area contributed by atoms with Gasteiger partial charge in [0.2, 0.25) is 0 Å². The van der Waals surface area contributed by atoms with E-state index in [-0.39, 0.29) is 24.0 Å². The Balaban J connectivity index is 0.00000288. The molecule has 0 radical (unpaired) electrons. The summed E-state index contributed by atoms with van der Waals surface area (Å²) in [5.74, 6) is 1.63. The molecule has 0 amide bonds. The number of hydrogen-bond donors (Lipinski definition) is 3. The second kappa shape index (κ2) is 11.3. The van der Waals surface area contributed by atoms with Gasteiger partial charge in [0.1, 0.15) is 5.75 Å². The highest BCUT2D eigenvalue weighted by Gasteiger charge is 2.06. The molecule has 4 nitrogen and oxygen atoms in total. The molecule has 1 unspecified atom stereocenters. The maximum absolute atomic E-state index is 9.27. The third kappa shape index (κ3) is 7.09. The summed E-state index contributed by atoms with van der Waals surface area (Å²) < 4.78 is 0. The standard InChI is InChI=1S/C18H25N3OS.HI/c1-14(16-9-11-23-13-16)12-21-18(19-2)20-10-3-4-15-5-7-17(22)8-6-15;/h5-9,11,13-14,22H,3-4,10,12H2,1-2H3,(H2,19,20,21);1H. The Morgan fingerprint density at radius 1 is 1.21 bits per heavy atom. The summed E-state index contributed by atoms with van der Waals surface area (Å²) in [5.41, 5.74) is 2.60. The lowest BCUT2D eigenvalue weighted by Gasteiger charge is -2.15. The lowest BCUT2D eigenvalue weighted by molar-refractivity contribution is 0.475. The van der Waals surface area contributed by atoms with E-state index >= 15 is 0 Å². The SMILES string of the molecule is CN=C(NCCCc1ccc(O)cc1)NCC(C)c1ccsc1.I. The summed E-state index contributed by atoms with van der Waals surface area (Å²) in [5, 5.41) is 20.3. The predicted octanol–water partition coefficient (Wildman–Crippen LogP) is 3.97. The molecule has 0 saturated carbocycles. The average molecular weight is 459 g/mol. The molecule has 132 valence electrons. The van der Waals surface area contributed by atoms with Crippen LogP contribution < -0.4 is 10.6 Å². The van der Waals surface area contributed by atoms with Crippen molar-refractivity contribution in [3.63, 3.8) is 0 Å². The second-order valence-electron chi connectivity index (χ2n) is 5.61. The van der Waals surface area contributed by atoms with Gasteiger partial charge < -0.3 is 15.7 Å². The second-order valence-corrected chi connectivity index (χ2v) is 6.39. The number of phenolic OH excluding ortho intramolecular Hbond substituents is 1. The molecule has 0 spiro atoms. The van der Waals surface area contributed by atoms with Crippen LogP contribution in [0.2, 0.25) is 0 Å². The molecular weight excluding hydrogens is 433 g/mol. The van der Waals surface area contributed by atoms with Crippen molar-refractivity contribution in [1.82, 2.24) is 10.6 Å². The molecule has 1 heterocycles. The first-order chi connectivity index (χ1) is 11.2. The summed E-state index contributed by atoms with van der Waals surface area (Å²) in [7, 11) is 1.80. The van der Waals surface area contributed by atoms with E-state index in [2.05, 4.69) is 39.4 Å². The number of phenols is 1. The zero-order chi connectivity index (χ0) is 16.5. The van der Waals surface area contributed by atoms with Gasteiger partial charge in [-0.3, -0.25) is 4.99 Å². The van der Waals surface area contributed by atoms with Crippen LogP contribution in [0.5, 0.6) is 5.75 Å². The zero-order valence-corrected chi connectivity index (χ0v) is 17.3. The van der Waals surface area contributed by atoms with Gasteiger partial charge in [0.15, 0.2) is 5.96 Å². The number of halogens is 1. The van der Waals surface area contributed by atoms with Gasteiger partial charge in [0, 0.05) is 20.1 Å². The van der Waals surface area contributed by atoms with Crippen LogP contribution in [0.1, 0.15) is 30.4 Å². The van der Waals surface area contributed by atoms with Gasteiger partial charge >= 0.3 is 0 Å². The van der Waals surface area contributed by atoms with Crippen LogP contribution >= 0.6 is 35.3 Å². The van der Waals surface area contributed by atoms with E-state index < -0.39 is 0 Å². The van der Waals surface area contributed by atoms with Gasteiger partial charge in [0.25, 0.3) is 0 Å². The van der Waals surface area contributed by atoms with E-state index in [4.69, 9.17) is 0 Å². The number of aliphatic imine (C=N–C) groups is 1. The molecule has 0 aliphatic rings. The third-order valence-corrected chi connectivity index (χ3v) is 4.48. The molecule has 2 rings (SSSR count). The van der Waals surface area contributed by atoms with E-state index in [9.17, 15) is 5.11 Å². The smallest absolute Gasteiger partial charge is 0.190 e. The molecule has 1 atom stereocenters. The number of thiophene rings is 1. The van der Waals surface area contributed by atoms with Crippen molar-refractivity contribution in [2.24, 2.45) is 4.99 Å². The van der Waals surface area contributed by atoms with Crippen molar-refractivity contribution in [2.45, 2.75) is 25.7 Å². The Labute approximate surface area is 165 Å². The monoisotopic (exact) mass is 459 g/mol. The number of hydrogen-bond acceptors (Lipinski definition) is 3. The van der Waals surface area contributed by atoms with E-state index in [1.807, 2.05) is 12.1 Å². The molecule has 0 aliphatic carbocycles. The fraction of sp³-hybridized carbons (Fsp3) is 0.389. The maximum Gasteiger partial charge on any atom is 0.190 e. The van der Waals surface area contributed by atoms with Crippen molar-refractivity contribution < 1.29 is 5.11 Å². The summed E-state index contributed by atoms with van der Waals surface area (Å²) >= 11 is 1.73. The summed E-state index contributed by atoms with van der Waals surface area (Å²) in [4.78, 5) is 4.26. The van der Waals surface area contributed by atoms with Gasteiger partial charge in [-0.2, -0.15) is 11.3 Å². The van der Waals surface area contributed by atoms with Gasteiger partial charge in [-0.05, 0) is 58.8 Å². The molecule has 0 aliphatic heterocycles. The van der Waals surface area contributed by atoms with Crippen molar-refractivity contribution in [3.8, 4) is 5.75 Å². The van der Waals surface area contributed by atoms with Gasteiger partial charge in [-0.1, -0.05) is 19.1 Å². The Hall–Kier alpha value is -1.28. The first-order valence-electron chi connectivity index (χ1n) is 7.93. The Morgan fingerprint density at radius 2 is 1.96 bits per heavy atom. The van der Waals surface area contributed by atoms with E-state index in [1.54, 1.807) is 30.5 Å². The van der Waals surface area contributed by atoms with Crippen molar-refractivity contribution in [3.05, 3.63) is 52.2 Å². The number of guanidine groups is 1. The number of aryl methyl sites for hydroxylation is 1. The van der Waals surface area contributed by atoms with Crippen molar-refractivity contribution in [2.75, 3.05) is 20.1 Å². The fourth-order valence-corrected chi connectivity index (χ4v) is 3.09. The highest BCUT2D eigenvalue weighted by atomic mass is 127. The fourth-order valence-electron chi connectivity index (χ4n) is 2.31. The van der Waals surface area contributed by atoms with Crippen LogP contribution in [0, 0.1) is 0 Å². The molecule has 6 heteroatoms. The van der Waals surface area contributed by atoms with Crippen LogP contribution in [0.4, 0.5) is 0 Å². The molecular formula is C18H26IN3OS. The largest absolute Gasteiger partial charge is 0.508 e. The molecule has 3 N–H and O–H groups in total. The quantitative estimate of drug-likeness (QED) is 0.254. The minimum atomic E-state index is 0. The first kappa shape index (κ1) is 20.8. The summed E-state index contributed by atoms with van der Waals surface area (Å²) in [6.07, 6.45) is 2.00. The van der Waals surface area contributed by atoms with Crippen LogP contribution in [0.3, 0.4) is 0 Å². The topological polar surface area (TPSA) is 56.7 Å². The lowest BCUT2D eigenvalue weighted by Crippen LogP contribution is -2.39. The molecule has 24 heavy (non-hydrogen) atoms. The Kier molecular flexibility index (Phi) is 9.78. The molecule has 0 bridgehead atoms. The van der Waals surface area contributed by atoms with Crippen molar-refractivity contribution >= 4 is 41.3 Å². The van der Waals surface area contributed by atoms with E-state index in [0.717, 1.165) is 31.9 Å². The number of nitrogens with zero attached hydrogens (tertiary/aromatic N) is 1. The maximum atomic E-state index is 9.27. The highest BCUT2D eigenvalue weighted by Crippen LogP contribution is 2.17. The Bertz CT molecular complexity index is 599. The summed E-state index contributed by atoms with van der Waals surface area (Å²) in [6, 6.07) is 9.56. The van der Waals surface area contributed by atoms with E-state index in [0.29, 0.717) is 11.7 Å². The number of aromatic hydroxyl groups is 1. The average Bonchev–Trinajstić information content (AvgIpc) is 3.10. The number of nitrogens with one attached hydrogen (secondary N) is 2. The van der Waals surface area contributed by atoms with Crippen LogP contribution in [-0.4, -0.2) is 31.2 Å². The van der Waals surface area contributed by atoms with Crippen molar-refractivity contribution in [1.29, 1.82) is 0 Å². The first-order valence-corrected chi connectivity index (χ1v) is 8.88. The van der Waals surface area contributed by atoms with Gasteiger partial charge in [-0.25, -0.2) is 0 Å². The van der Waals surface area contributed by atoms with Crippen LogP contribution in [-0.2, 0) is 6.42 Å². The Morgan fingerprint density at radius 3 is 2.58 bits per heavy atom. The third-order valence-electron chi connectivity index (χ3n) is 3.78. The summed E-state index contributed by atoms with van der Waals surface area (Å²) in [6.45, 7) is 3.95. The normalized spacial score (nSPS) is 12.3. The minimum Gasteiger partial charge on any atom is -0.508 e. The molecule has 1 aromatic heterocycles. The van der Waals surface area contributed by atoms with E-state index in [1.165, 1.54) is 11.1 Å². The lowest BCUT2D eigenvalue weighted by atomic mass is 10.1. The number of benzene rings is 1. The molecule has 1 aromatic carbocycles. The van der Waals surface area contributed by atoms with Gasteiger partial charge in [-0.15, -0.1) is 24.0 Å². The molecule has 0 fully saturated rings. The number of rotatable bonds is 7. The molecule has 0 saturated heterocycles. The van der Waals surface area contributed by atoms with Gasteiger partial charge in [0.05, 0.1) is 0 Å².